The molecule has 0 spiro atoms. The smallest absolute Gasteiger partial charge is 0.227 e. The fraction of sp³-hybridized carbons (Fsp3) is 0.356. The Morgan fingerprint density at radius 2 is 1.35 bits per heavy atom. The van der Waals surface area contributed by atoms with Crippen molar-refractivity contribution in [3.8, 4) is 11.5 Å². The van der Waals surface area contributed by atoms with E-state index in [-0.39, 0.29) is 17.7 Å². The molecule has 0 aliphatic carbocycles. The summed E-state index contributed by atoms with van der Waals surface area (Å²) in [5.41, 5.74) is 7.43. The van der Waals surface area contributed by atoms with Gasteiger partial charge in [0.15, 0.2) is 0 Å². The zero-order valence-electron chi connectivity index (χ0n) is 32.1. The first-order chi connectivity index (χ1) is 25.2. The lowest BCUT2D eigenvalue weighted by Crippen LogP contribution is -2.25. The van der Waals surface area contributed by atoms with Crippen molar-refractivity contribution >= 4 is 40.1 Å². The van der Waals surface area contributed by atoms with Gasteiger partial charge < -0.3 is 20.1 Å². The van der Waals surface area contributed by atoms with Crippen molar-refractivity contribution in [2.24, 2.45) is 16.8 Å². The Morgan fingerprint density at radius 3 is 2.02 bits per heavy atom. The van der Waals surface area contributed by atoms with Crippen LogP contribution < -0.4 is 20.1 Å². The number of carbonyl (C=O) groups excluding carboxylic acids is 1. The molecule has 4 atom stereocenters. The first-order valence-corrected chi connectivity index (χ1v) is 18.5. The molecule has 1 aromatic heterocycles. The number of rotatable bonds is 11. The maximum absolute atomic E-state index is 12.8. The van der Waals surface area contributed by atoms with Crippen molar-refractivity contribution in [2.45, 2.75) is 72.6 Å². The lowest BCUT2D eigenvalue weighted by atomic mass is 9.87. The molecule has 1 aliphatic rings. The summed E-state index contributed by atoms with van der Waals surface area (Å²) in [6.45, 7) is 13.7. The van der Waals surface area contributed by atoms with Crippen LogP contribution in [0.1, 0.15) is 82.9 Å². The summed E-state index contributed by atoms with van der Waals surface area (Å²) in [4.78, 5) is 21.8. The number of ether oxygens (including phenoxy) is 2. The molecule has 0 saturated heterocycles. The summed E-state index contributed by atoms with van der Waals surface area (Å²) in [7, 11) is 3.39. The maximum Gasteiger partial charge on any atom is 0.227 e. The third-order valence-corrected chi connectivity index (χ3v) is 9.66. The van der Waals surface area contributed by atoms with Crippen LogP contribution in [0.4, 0.5) is 17.1 Å². The minimum absolute atomic E-state index is 0.0269. The highest BCUT2D eigenvalue weighted by Gasteiger charge is 2.25. The van der Waals surface area contributed by atoms with Crippen molar-refractivity contribution in [2.75, 3.05) is 31.4 Å². The minimum Gasteiger partial charge on any atom is -0.496 e. The molecule has 0 bridgehead atoms. The van der Waals surface area contributed by atoms with Crippen LogP contribution >= 0.6 is 0 Å². The molecule has 7 nitrogen and oxygen atoms in total. The van der Waals surface area contributed by atoms with Crippen molar-refractivity contribution in [1.82, 2.24) is 4.98 Å². The number of para-hydroxylation sites is 4. The highest BCUT2D eigenvalue weighted by molar-refractivity contribution is 6.01. The van der Waals surface area contributed by atoms with E-state index < -0.39 is 0 Å². The van der Waals surface area contributed by atoms with Crippen LogP contribution in [-0.4, -0.2) is 37.9 Å². The van der Waals surface area contributed by atoms with Gasteiger partial charge in [0.05, 0.1) is 36.8 Å². The van der Waals surface area contributed by atoms with Gasteiger partial charge in [-0.3, -0.25) is 14.8 Å². The Kier molecular flexibility index (Phi) is 15.3. The van der Waals surface area contributed by atoms with Crippen molar-refractivity contribution in [3.63, 3.8) is 0 Å². The first kappa shape index (κ1) is 39.6. The van der Waals surface area contributed by atoms with Crippen LogP contribution in [0.5, 0.6) is 11.5 Å². The second-order valence-corrected chi connectivity index (χ2v) is 13.4. The van der Waals surface area contributed by atoms with Crippen molar-refractivity contribution in [1.29, 1.82) is 0 Å². The van der Waals surface area contributed by atoms with E-state index >= 15 is 0 Å². The second kappa shape index (κ2) is 20.0. The molecule has 7 heteroatoms. The van der Waals surface area contributed by atoms with Crippen molar-refractivity contribution < 1.29 is 14.3 Å². The number of hydrogen-bond donors (Lipinski definition) is 2. The monoisotopic (exact) mass is 700 g/mol. The number of methoxy groups -OCH3 is 2. The number of aromatic nitrogens is 1. The largest absolute Gasteiger partial charge is 0.496 e. The Bertz CT molecular complexity index is 1900. The van der Waals surface area contributed by atoms with E-state index in [1.54, 1.807) is 20.4 Å². The van der Waals surface area contributed by atoms with E-state index in [4.69, 9.17) is 9.47 Å². The molecule has 52 heavy (non-hydrogen) atoms. The Balaban J connectivity index is 0.000000217. The number of benzene rings is 4. The van der Waals surface area contributed by atoms with Gasteiger partial charge in [0.25, 0.3) is 0 Å². The molecular formula is C45H56N4O3. The van der Waals surface area contributed by atoms with E-state index in [9.17, 15) is 4.79 Å². The number of pyridine rings is 1. The van der Waals surface area contributed by atoms with Crippen LogP contribution in [0, 0.1) is 11.8 Å². The van der Waals surface area contributed by atoms with Gasteiger partial charge in [-0.1, -0.05) is 115 Å². The molecule has 0 radical (unpaired) electrons. The van der Waals surface area contributed by atoms with E-state index in [2.05, 4.69) is 78.6 Å². The fourth-order valence-electron chi connectivity index (χ4n) is 6.25. The zero-order valence-corrected chi connectivity index (χ0v) is 32.1. The van der Waals surface area contributed by atoms with Gasteiger partial charge in [-0.05, 0) is 77.6 Å². The number of aliphatic imine (C=N–C) groups is 1. The van der Waals surface area contributed by atoms with Gasteiger partial charge in [0, 0.05) is 30.3 Å². The molecule has 0 saturated carbocycles. The minimum atomic E-state index is -0.213. The van der Waals surface area contributed by atoms with E-state index in [0.29, 0.717) is 11.8 Å². The summed E-state index contributed by atoms with van der Waals surface area (Å²) in [6, 6.07) is 32.2. The molecule has 0 fully saturated rings. The normalized spacial score (nSPS) is 13.8. The third kappa shape index (κ3) is 10.2. The quantitative estimate of drug-likeness (QED) is 0.143. The van der Waals surface area contributed by atoms with Gasteiger partial charge in [-0.2, -0.15) is 0 Å². The summed E-state index contributed by atoms with van der Waals surface area (Å²) < 4.78 is 10.9. The molecule has 1 amide bonds. The fourth-order valence-corrected chi connectivity index (χ4v) is 6.25. The SMILES string of the molecule is CCC.COc1ccccc1C(C)C(C)C(=O)Nc1cccc2cccnc12.COc1ccccc1C(C)C(C)CNc1cccc2c1N=CCC2. The number of hydrogen-bond acceptors (Lipinski definition) is 6. The van der Waals surface area contributed by atoms with Crippen LogP contribution in [0.15, 0.2) is 108 Å². The summed E-state index contributed by atoms with van der Waals surface area (Å²) in [5, 5.41) is 7.64. The molecule has 2 N–H and O–H groups in total. The molecule has 4 unspecified atom stereocenters. The van der Waals surface area contributed by atoms with E-state index in [1.807, 2.05) is 86.8 Å². The van der Waals surface area contributed by atoms with Gasteiger partial charge >= 0.3 is 0 Å². The predicted molar refractivity (Wildman–Crippen MR) is 219 cm³/mol. The highest BCUT2D eigenvalue weighted by atomic mass is 16.5. The molecular weight excluding hydrogens is 645 g/mol. The molecule has 4 aromatic carbocycles. The van der Waals surface area contributed by atoms with E-state index in [1.165, 1.54) is 17.5 Å². The average Bonchev–Trinajstić information content (AvgIpc) is 3.19. The standard InChI is InChI=1S/C21H22N2O2.C21H26N2O.C3H8/c1-14(17-10-4-5-12-19(17)25-3)15(2)21(24)23-18-11-6-8-16-9-7-13-22-20(16)18;1-15(16(2)18-10-4-5-12-20(18)24-3)14-23-19-11-6-8-17-9-7-13-22-21(17)19;1-3-2/h4-15H,1-3H3,(H,23,24);4-6,8,10-13,15-16,23H,7,9,14H2,1-3H3;3H2,1-2H3. The number of aryl methyl sites for hydroxylation is 1. The van der Waals surface area contributed by atoms with Gasteiger partial charge in [-0.25, -0.2) is 0 Å². The zero-order chi connectivity index (χ0) is 37.5. The summed E-state index contributed by atoms with van der Waals surface area (Å²) >= 11 is 0. The molecule has 2 heterocycles. The summed E-state index contributed by atoms with van der Waals surface area (Å²) in [6.07, 6.45) is 7.13. The van der Waals surface area contributed by atoms with Crippen LogP contribution in [0.25, 0.3) is 10.9 Å². The molecule has 6 rings (SSSR count). The Morgan fingerprint density at radius 1 is 0.750 bits per heavy atom. The molecule has 5 aromatic rings. The summed E-state index contributed by atoms with van der Waals surface area (Å²) in [5.74, 6) is 2.45. The second-order valence-electron chi connectivity index (χ2n) is 13.4. The van der Waals surface area contributed by atoms with Crippen LogP contribution in [0.2, 0.25) is 0 Å². The number of nitrogens with zero attached hydrogens (tertiary/aromatic N) is 2. The average molecular weight is 701 g/mol. The first-order valence-electron chi connectivity index (χ1n) is 18.5. The van der Waals surface area contributed by atoms with Crippen LogP contribution in [-0.2, 0) is 11.2 Å². The van der Waals surface area contributed by atoms with Gasteiger partial charge in [-0.15, -0.1) is 0 Å². The number of carbonyl (C=O) groups is 1. The lowest BCUT2D eigenvalue weighted by molar-refractivity contribution is -0.119. The van der Waals surface area contributed by atoms with Crippen molar-refractivity contribution in [3.05, 3.63) is 120 Å². The highest BCUT2D eigenvalue weighted by Crippen LogP contribution is 2.35. The predicted octanol–water partition coefficient (Wildman–Crippen LogP) is 11.2. The number of fused-ring (bicyclic) bond motifs is 2. The topological polar surface area (TPSA) is 84.8 Å². The van der Waals surface area contributed by atoms with Gasteiger partial charge in [0.2, 0.25) is 5.91 Å². The Labute approximate surface area is 310 Å². The van der Waals surface area contributed by atoms with E-state index in [0.717, 1.165) is 64.4 Å². The number of nitrogens with one attached hydrogen (secondary N) is 2. The van der Waals surface area contributed by atoms with Gasteiger partial charge in [0.1, 0.15) is 11.5 Å². The number of anilines is 2. The Hall–Kier alpha value is -5.17. The number of amides is 1. The maximum atomic E-state index is 12.8. The lowest BCUT2D eigenvalue weighted by Gasteiger charge is -2.24. The van der Waals surface area contributed by atoms with Crippen LogP contribution in [0.3, 0.4) is 0 Å². The third-order valence-electron chi connectivity index (χ3n) is 9.66. The molecule has 1 aliphatic heterocycles. The molecule has 274 valence electrons.